The van der Waals surface area contributed by atoms with Crippen LogP contribution in [-0.4, -0.2) is 5.79 Å². The van der Waals surface area contributed by atoms with E-state index >= 15 is 0 Å². The third-order valence-electron chi connectivity index (χ3n) is 1.62. The Labute approximate surface area is 106 Å². The summed E-state index contributed by atoms with van der Waals surface area (Å²) < 4.78 is 0. The van der Waals surface area contributed by atoms with Crippen LogP contribution in [0.15, 0.2) is 0 Å². The Morgan fingerprint density at radius 2 is 1.20 bits per heavy atom. The minimum atomic E-state index is -1.82. The molecule has 0 unspecified atom stereocenters. The smallest absolute Gasteiger partial charge is 0.863 e. The molecule has 0 saturated heterocycles. The van der Waals surface area contributed by atoms with Crippen molar-refractivity contribution in [3.63, 3.8) is 0 Å². The van der Waals surface area contributed by atoms with Crippen molar-refractivity contribution >= 4 is 0 Å². The van der Waals surface area contributed by atoms with Crippen molar-refractivity contribution < 1.29 is 69.3 Å². The summed E-state index contributed by atoms with van der Waals surface area (Å²) in [7, 11) is 0. The quantitative estimate of drug-likeness (QED) is 0.261. The van der Waals surface area contributed by atoms with Crippen molar-refractivity contribution in [3.05, 3.63) is 0 Å². The van der Waals surface area contributed by atoms with E-state index < -0.39 is 5.79 Å². The second-order valence-electron chi connectivity index (χ2n) is 2.47. The van der Waals surface area contributed by atoms with Crippen molar-refractivity contribution in [1.29, 1.82) is 0 Å². The maximum Gasteiger partial charge on any atom is 1.00 e. The van der Waals surface area contributed by atoms with Crippen LogP contribution >= 0.6 is 0 Å². The molecule has 2 nitrogen and oxygen atoms in total. The molecule has 1 aliphatic rings. The van der Waals surface area contributed by atoms with Crippen LogP contribution in [0.4, 0.5) is 0 Å². The Morgan fingerprint density at radius 1 is 0.800 bits per heavy atom. The Bertz CT molecular complexity index is 77.8. The van der Waals surface area contributed by atoms with Crippen LogP contribution < -0.4 is 69.3 Å². The first kappa shape index (κ1) is 14.4. The summed E-state index contributed by atoms with van der Waals surface area (Å²) in [6, 6.07) is 0. The number of hydrogen-bond donors (Lipinski definition) is 0. The third kappa shape index (κ3) is 5.56. The van der Waals surface area contributed by atoms with Gasteiger partial charge in [0.25, 0.3) is 0 Å². The van der Waals surface area contributed by atoms with Gasteiger partial charge in [0.15, 0.2) is 0 Å². The second kappa shape index (κ2) is 6.44. The van der Waals surface area contributed by atoms with E-state index in [1.807, 2.05) is 0 Å². The minimum Gasteiger partial charge on any atom is -0.863 e. The molecule has 0 radical (unpaired) electrons. The van der Waals surface area contributed by atoms with Crippen molar-refractivity contribution in [1.82, 2.24) is 0 Å². The summed E-state index contributed by atoms with van der Waals surface area (Å²) in [5.74, 6) is -1.82. The van der Waals surface area contributed by atoms with E-state index in [4.69, 9.17) is 0 Å². The van der Waals surface area contributed by atoms with E-state index in [9.17, 15) is 10.2 Å². The van der Waals surface area contributed by atoms with Crippen molar-refractivity contribution in [2.24, 2.45) is 0 Å². The van der Waals surface area contributed by atoms with Crippen LogP contribution in [0.5, 0.6) is 0 Å². The van der Waals surface area contributed by atoms with Gasteiger partial charge >= 0.3 is 59.1 Å². The maximum atomic E-state index is 10.6. The van der Waals surface area contributed by atoms with E-state index in [2.05, 4.69) is 0 Å². The SMILES string of the molecule is [Na+].[Na+].[O-]C1([O-])CCCCC1. The molecule has 0 heterocycles. The van der Waals surface area contributed by atoms with Gasteiger partial charge in [0.1, 0.15) is 0 Å². The molecule has 0 aromatic heterocycles. The normalized spacial score (nSPS) is 22.2. The van der Waals surface area contributed by atoms with E-state index in [-0.39, 0.29) is 59.1 Å². The first-order valence-electron chi connectivity index (χ1n) is 3.12. The molecule has 1 saturated carbocycles. The van der Waals surface area contributed by atoms with E-state index in [0.29, 0.717) is 12.8 Å². The molecule has 1 fully saturated rings. The Kier molecular flexibility index (Phi) is 9.30. The summed E-state index contributed by atoms with van der Waals surface area (Å²) >= 11 is 0. The first-order chi connectivity index (χ1) is 3.71. The van der Waals surface area contributed by atoms with Gasteiger partial charge in [-0.2, -0.15) is 0 Å². The molecular formula is C6H10Na2O2. The van der Waals surface area contributed by atoms with Crippen LogP contribution in [0, 0.1) is 0 Å². The van der Waals surface area contributed by atoms with Crippen molar-refractivity contribution in [2.75, 3.05) is 0 Å². The summed E-state index contributed by atoms with van der Waals surface area (Å²) in [5, 5.41) is 21.1. The molecule has 0 aromatic carbocycles. The van der Waals surface area contributed by atoms with Crippen LogP contribution in [0.3, 0.4) is 0 Å². The molecule has 0 spiro atoms. The molecule has 10 heavy (non-hydrogen) atoms. The standard InChI is InChI=1S/C6H10O2.2Na/c7-6(8)4-2-1-3-5-6;;/h1-5H2;;/q-2;2*+1. The molecule has 0 bridgehead atoms. The molecule has 1 aliphatic carbocycles. The zero-order valence-corrected chi connectivity index (χ0v) is 10.9. The zero-order valence-electron chi connectivity index (χ0n) is 6.85. The fraction of sp³-hybridized carbons (Fsp3) is 1.00. The van der Waals surface area contributed by atoms with Gasteiger partial charge in [0, 0.05) is 0 Å². The summed E-state index contributed by atoms with van der Waals surface area (Å²) in [6.07, 6.45) is 3.44. The molecule has 1 rings (SSSR count). The number of hydrogen-bond acceptors (Lipinski definition) is 2. The molecular weight excluding hydrogens is 150 g/mol. The largest absolute Gasteiger partial charge is 1.00 e. The van der Waals surface area contributed by atoms with Gasteiger partial charge in [-0.15, -0.1) is 0 Å². The molecule has 0 amide bonds. The van der Waals surface area contributed by atoms with Gasteiger partial charge in [0.05, 0.1) is 0 Å². The van der Waals surface area contributed by atoms with Crippen LogP contribution in [-0.2, 0) is 0 Å². The predicted molar refractivity (Wildman–Crippen MR) is 25.8 cm³/mol. The summed E-state index contributed by atoms with van der Waals surface area (Å²) in [4.78, 5) is 0. The topological polar surface area (TPSA) is 46.1 Å². The Balaban J connectivity index is 0. The third-order valence-corrected chi connectivity index (χ3v) is 1.62. The van der Waals surface area contributed by atoms with Crippen molar-refractivity contribution in [3.8, 4) is 0 Å². The van der Waals surface area contributed by atoms with E-state index in [1.165, 1.54) is 0 Å². The fourth-order valence-electron chi connectivity index (χ4n) is 1.09. The van der Waals surface area contributed by atoms with E-state index in [0.717, 1.165) is 19.3 Å². The maximum absolute atomic E-state index is 10.6. The van der Waals surface area contributed by atoms with Gasteiger partial charge in [-0.05, 0) is 0 Å². The van der Waals surface area contributed by atoms with Gasteiger partial charge in [-0.3, -0.25) is 0 Å². The summed E-state index contributed by atoms with van der Waals surface area (Å²) in [6.45, 7) is 0. The molecule has 0 atom stereocenters. The molecule has 0 aliphatic heterocycles. The van der Waals surface area contributed by atoms with Gasteiger partial charge in [-0.25, -0.2) is 5.79 Å². The summed E-state index contributed by atoms with van der Waals surface area (Å²) in [5.41, 5.74) is 0. The Morgan fingerprint density at radius 3 is 1.40 bits per heavy atom. The molecule has 4 heteroatoms. The fourth-order valence-corrected chi connectivity index (χ4v) is 1.09. The molecule has 0 aromatic rings. The van der Waals surface area contributed by atoms with Gasteiger partial charge in [0.2, 0.25) is 0 Å². The van der Waals surface area contributed by atoms with Crippen LogP contribution in [0.25, 0.3) is 0 Å². The minimum absolute atomic E-state index is 0. The van der Waals surface area contributed by atoms with Crippen LogP contribution in [0.1, 0.15) is 32.1 Å². The average molecular weight is 160 g/mol. The van der Waals surface area contributed by atoms with E-state index in [1.54, 1.807) is 0 Å². The van der Waals surface area contributed by atoms with Crippen molar-refractivity contribution in [2.45, 2.75) is 37.9 Å². The average Bonchev–Trinajstić information content (AvgIpc) is 1.65. The van der Waals surface area contributed by atoms with Gasteiger partial charge in [-0.1, -0.05) is 32.1 Å². The van der Waals surface area contributed by atoms with Gasteiger partial charge < -0.3 is 10.2 Å². The number of rotatable bonds is 0. The second-order valence-corrected chi connectivity index (χ2v) is 2.47. The predicted octanol–water partition coefficient (Wildman–Crippen LogP) is -6.62. The monoisotopic (exact) mass is 160 g/mol. The Hall–Kier alpha value is 1.92. The zero-order chi connectivity index (χ0) is 6.04. The first-order valence-corrected chi connectivity index (χ1v) is 3.12. The molecule has 48 valence electrons. The molecule has 0 N–H and O–H groups in total. The van der Waals surface area contributed by atoms with Crippen LogP contribution in [0.2, 0.25) is 0 Å².